The number of benzene rings is 1. The average molecular weight is 388 g/mol. The fraction of sp³-hybridized carbons (Fsp3) is 0.474. The lowest BCUT2D eigenvalue weighted by atomic mass is 10.00. The molecule has 0 saturated heterocycles. The average Bonchev–Trinajstić information content (AvgIpc) is 3.27. The van der Waals surface area contributed by atoms with Crippen molar-refractivity contribution in [2.75, 3.05) is 25.0 Å². The number of sulfonamides is 1. The van der Waals surface area contributed by atoms with Crippen LogP contribution in [-0.2, 0) is 34.2 Å². The van der Waals surface area contributed by atoms with Gasteiger partial charge in [-0.25, -0.2) is 17.7 Å². The van der Waals surface area contributed by atoms with Gasteiger partial charge < -0.3 is 9.47 Å². The number of imidazole rings is 1. The number of fused-ring (bicyclic) bond motifs is 2. The highest BCUT2D eigenvalue weighted by molar-refractivity contribution is 7.89. The second-order valence-electron chi connectivity index (χ2n) is 7.40. The zero-order valence-corrected chi connectivity index (χ0v) is 16.4. The van der Waals surface area contributed by atoms with E-state index in [0.29, 0.717) is 13.1 Å². The number of aryl methyl sites for hydroxylation is 1. The predicted octanol–water partition coefficient (Wildman–Crippen LogP) is 1.68. The monoisotopic (exact) mass is 388 g/mol. The normalized spacial score (nSPS) is 19.2. The maximum absolute atomic E-state index is 13.1. The van der Waals surface area contributed by atoms with Crippen LogP contribution >= 0.6 is 0 Å². The van der Waals surface area contributed by atoms with Crippen molar-refractivity contribution < 1.29 is 13.2 Å². The highest BCUT2D eigenvalue weighted by atomic mass is 32.2. The SMILES string of the molecule is CC(=O)N1CCc2ccc(S(=O)(=O)N(C)CC3CCc4nccn4C3)cc21. The van der Waals surface area contributed by atoms with Gasteiger partial charge in [-0.05, 0) is 36.5 Å². The molecule has 2 aliphatic rings. The van der Waals surface area contributed by atoms with Crippen molar-refractivity contribution in [3.8, 4) is 0 Å². The quantitative estimate of drug-likeness (QED) is 0.799. The number of nitrogens with zero attached hydrogens (tertiary/aromatic N) is 4. The minimum absolute atomic E-state index is 0.0602. The van der Waals surface area contributed by atoms with E-state index < -0.39 is 10.0 Å². The first-order valence-electron chi connectivity index (χ1n) is 9.23. The number of hydrogen-bond acceptors (Lipinski definition) is 4. The van der Waals surface area contributed by atoms with Crippen LogP contribution in [0.25, 0.3) is 0 Å². The van der Waals surface area contributed by atoms with Crippen LogP contribution < -0.4 is 4.90 Å². The standard InChI is InChI=1S/C19H24N4O3S/c1-14(24)23-9-7-16-4-5-17(11-18(16)23)27(25,26)21(2)12-15-3-6-19-20-8-10-22(19)13-15/h4-5,8,10-11,15H,3,6-7,9,12-13H2,1-2H3. The van der Waals surface area contributed by atoms with Gasteiger partial charge in [0.05, 0.1) is 4.90 Å². The summed E-state index contributed by atoms with van der Waals surface area (Å²) < 4.78 is 29.7. The Morgan fingerprint density at radius 1 is 1.33 bits per heavy atom. The van der Waals surface area contributed by atoms with Crippen molar-refractivity contribution in [3.05, 3.63) is 42.0 Å². The molecule has 144 valence electrons. The van der Waals surface area contributed by atoms with Gasteiger partial charge in [0.1, 0.15) is 5.82 Å². The number of carbonyl (C=O) groups excluding carboxylic acids is 1. The molecule has 27 heavy (non-hydrogen) atoms. The molecule has 1 atom stereocenters. The zero-order chi connectivity index (χ0) is 19.2. The number of rotatable bonds is 4. The third kappa shape index (κ3) is 3.27. The molecule has 7 nitrogen and oxygen atoms in total. The third-order valence-electron chi connectivity index (χ3n) is 5.59. The Morgan fingerprint density at radius 3 is 2.93 bits per heavy atom. The van der Waals surface area contributed by atoms with E-state index in [4.69, 9.17) is 0 Å². The summed E-state index contributed by atoms with van der Waals surface area (Å²) in [5.74, 6) is 1.27. The smallest absolute Gasteiger partial charge is 0.242 e. The van der Waals surface area contributed by atoms with Crippen LogP contribution in [0, 0.1) is 5.92 Å². The molecule has 2 aliphatic heterocycles. The summed E-state index contributed by atoms with van der Waals surface area (Å²) in [6.45, 7) is 3.38. The molecule has 0 N–H and O–H groups in total. The van der Waals surface area contributed by atoms with Crippen LogP contribution in [0.5, 0.6) is 0 Å². The Morgan fingerprint density at radius 2 is 2.15 bits per heavy atom. The molecule has 4 rings (SSSR count). The van der Waals surface area contributed by atoms with E-state index in [1.165, 1.54) is 11.2 Å². The van der Waals surface area contributed by atoms with Crippen molar-refractivity contribution in [2.24, 2.45) is 5.92 Å². The van der Waals surface area contributed by atoms with Crippen LogP contribution in [0.1, 0.15) is 24.7 Å². The highest BCUT2D eigenvalue weighted by Crippen LogP contribution is 2.32. The summed E-state index contributed by atoms with van der Waals surface area (Å²) in [5.41, 5.74) is 1.74. The zero-order valence-electron chi connectivity index (χ0n) is 15.6. The molecule has 0 radical (unpaired) electrons. The largest absolute Gasteiger partial charge is 0.335 e. The number of anilines is 1. The Labute approximate surface area is 159 Å². The maximum Gasteiger partial charge on any atom is 0.242 e. The molecule has 1 aromatic carbocycles. The summed E-state index contributed by atoms with van der Waals surface area (Å²) in [4.78, 5) is 18.0. The lowest BCUT2D eigenvalue weighted by Crippen LogP contribution is -2.35. The molecule has 1 amide bonds. The molecular formula is C19H24N4O3S. The number of amides is 1. The van der Waals surface area contributed by atoms with Crippen molar-refractivity contribution in [1.82, 2.24) is 13.9 Å². The minimum Gasteiger partial charge on any atom is -0.335 e. The number of carbonyl (C=O) groups is 1. The predicted molar refractivity (Wildman–Crippen MR) is 102 cm³/mol. The van der Waals surface area contributed by atoms with Crippen LogP contribution in [0.15, 0.2) is 35.5 Å². The first-order chi connectivity index (χ1) is 12.9. The lowest BCUT2D eigenvalue weighted by Gasteiger charge is -2.28. The second-order valence-corrected chi connectivity index (χ2v) is 9.44. The van der Waals surface area contributed by atoms with Crippen molar-refractivity contribution in [1.29, 1.82) is 0 Å². The summed E-state index contributed by atoms with van der Waals surface area (Å²) in [6.07, 6.45) is 6.31. The molecule has 0 aliphatic carbocycles. The van der Waals surface area contributed by atoms with Gasteiger partial charge in [-0.3, -0.25) is 4.79 Å². The molecular weight excluding hydrogens is 364 g/mol. The van der Waals surface area contributed by atoms with Crippen LogP contribution in [0.4, 0.5) is 5.69 Å². The molecule has 1 aromatic heterocycles. The van der Waals surface area contributed by atoms with Crippen molar-refractivity contribution in [2.45, 2.75) is 37.6 Å². The van der Waals surface area contributed by atoms with Crippen molar-refractivity contribution >= 4 is 21.6 Å². The van der Waals surface area contributed by atoms with E-state index in [2.05, 4.69) is 9.55 Å². The van der Waals surface area contributed by atoms with Gasteiger partial charge in [0.2, 0.25) is 15.9 Å². The number of hydrogen-bond donors (Lipinski definition) is 0. The van der Waals surface area contributed by atoms with Gasteiger partial charge in [-0.1, -0.05) is 6.07 Å². The van der Waals surface area contributed by atoms with Crippen LogP contribution in [0.2, 0.25) is 0 Å². The van der Waals surface area contributed by atoms with Gasteiger partial charge in [0, 0.05) is 58.1 Å². The van der Waals surface area contributed by atoms with Gasteiger partial charge in [0.25, 0.3) is 0 Å². The number of aromatic nitrogens is 2. The first-order valence-corrected chi connectivity index (χ1v) is 10.7. The first kappa shape index (κ1) is 18.2. The molecule has 3 heterocycles. The molecule has 0 saturated carbocycles. The van der Waals surface area contributed by atoms with E-state index in [1.54, 1.807) is 30.3 Å². The fourth-order valence-electron chi connectivity index (χ4n) is 4.07. The van der Waals surface area contributed by atoms with E-state index in [-0.39, 0.29) is 16.7 Å². The fourth-order valence-corrected chi connectivity index (χ4v) is 5.34. The molecule has 2 aromatic rings. The summed E-state index contributed by atoms with van der Waals surface area (Å²) >= 11 is 0. The Balaban J connectivity index is 1.53. The van der Waals surface area contributed by atoms with Gasteiger partial charge in [0.15, 0.2) is 0 Å². The lowest BCUT2D eigenvalue weighted by molar-refractivity contribution is -0.116. The van der Waals surface area contributed by atoms with E-state index in [9.17, 15) is 13.2 Å². The minimum atomic E-state index is -3.60. The highest BCUT2D eigenvalue weighted by Gasteiger charge is 2.29. The molecule has 0 bridgehead atoms. The topological polar surface area (TPSA) is 75.5 Å². The summed E-state index contributed by atoms with van der Waals surface area (Å²) in [7, 11) is -1.97. The summed E-state index contributed by atoms with van der Waals surface area (Å²) in [5, 5.41) is 0. The molecule has 0 fully saturated rings. The molecule has 1 unspecified atom stereocenters. The third-order valence-corrected chi connectivity index (χ3v) is 7.41. The van der Waals surface area contributed by atoms with Crippen LogP contribution in [0.3, 0.4) is 0 Å². The van der Waals surface area contributed by atoms with Gasteiger partial charge >= 0.3 is 0 Å². The Hall–Kier alpha value is -2.19. The van der Waals surface area contributed by atoms with E-state index in [0.717, 1.165) is 42.9 Å². The molecule has 0 spiro atoms. The van der Waals surface area contributed by atoms with E-state index >= 15 is 0 Å². The Bertz CT molecular complexity index is 983. The van der Waals surface area contributed by atoms with Gasteiger partial charge in [-0.15, -0.1) is 0 Å². The Kier molecular flexibility index (Phi) is 4.55. The second kappa shape index (κ2) is 6.76. The van der Waals surface area contributed by atoms with Gasteiger partial charge in [-0.2, -0.15) is 0 Å². The van der Waals surface area contributed by atoms with E-state index in [1.807, 2.05) is 12.3 Å². The summed E-state index contributed by atoms with van der Waals surface area (Å²) in [6, 6.07) is 5.13. The molecule has 8 heteroatoms. The van der Waals surface area contributed by atoms with Crippen molar-refractivity contribution in [3.63, 3.8) is 0 Å². The maximum atomic E-state index is 13.1. The van der Waals surface area contributed by atoms with Crippen LogP contribution in [-0.4, -0.2) is 48.3 Å².